The first kappa shape index (κ1) is 15.1. The average Bonchev–Trinajstić information content (AvgIpc) is 2.93. The van der Waals surface area contributed by atoms with E-state index >= 15 is 0 Å². The van der Waals surface area contributed by atoms with Gasteiger partial charge in [-0.2, -0.15) is 0 Å². The third-order valence-electron chi connectivity index (χ3n) is 2.46. The summed E-state index contributed by atoms with van der Waals surface area (Å²) in [6.45, 7) is 3.57. The van der Waals surface area contributed by atoms with Crippen molar-refractivity contribution in [2.45, 2.75) is 25.3 Å². The molecule has 0 saturated heterocycles. The van der Waals surface area contributed by atoms with Crippen LogP contribution in [-0.4, -0.2) is 24.5 Å². The van der Waals surface area contributed by atoms with Gasteiger partial charge in [0.25, 0.3) is 0 Å². The van der Waals surface area contributed by atoms with E-state index in [0.29, 0.717) is 9.88 Å². The third-order valence-corrected chi connectivity index (χ3v) is 6.06. The summed E-state index contributed by atoms with van der Waals surface area (Å²) in [6, 6.07) is 1.18. The van der Waals surface area contributed by atoms with Crippen LogP contribution in [0.25, 0.3) is 0 Å². The lowest BCUT2D eigenvalue weighted by molar-refractivity contribution is 0.0702. The predicted octanol–water partition coefficient (Wildman–Crippen LogP) is 2.00. The summed E-state index contributed by atoms with van der Waals surface area (Å²) in [5.41, 5.74) is 0. The van der Waals surface area contributed by atoms with Crippen LogP contribution in [0.15, 0.2) is 17.2 Å². The molecule has 0 radical (unpaired) electrons. The lowest BCUT2D eigenvalue weighted by Crippen LogP contribution is -2.23. The maximum Gasteiger partial charge on any atom is 0.345 e. The lowest BCUT2D eigenvalue weighted by atomic mass is 10.4. The first-order chi connectivity index (χ1) is 9.29. The molecule has 0 amide bonds. The quantitative estimate of drug-likeness (QED) is 0.873. The zero-order chi connectivity index (χ0) is 14.9. The molecule has 20 heavy (non-hydrogen) atoms. The van der Waals surface area contributed by atoms with Crippen LogP contribution in [0.3, 0.4) is 0 Å². The van der Waals surface area contributed by atoms with Gasteiger partial charge in [0, 0.05) is 16.0 Å². The number of rotatable bonds is 5. The fraction of sp³-hybridized carbons (Fsp3) is 0.273. The van der Waals surface area contributed by atoms with Gasteiger partial charge in [-0.3, -0.25) is 0 Å². The fourth-order valence-electron chi connectivity index (χ4n) is 1.56. The van der Waals surface area contributed by atoms with Gasteiger partial charge in [0.15, 0.2) is 0 Å². The molecule has 9 heteroatoms. The summed E-state index contributed by atoms with van der Waals surface area (Å²) < 4.78 is 26.7. The van der Waals surface area contributed by atoms with Crippen LogP contribution in [0.1, 0.15) is 24.4 Å². The maximum atomic E-state index is 12.1. The first-order valence-corrected chi connectivity index (χ1v) is 8.66. The van der Waals surface area contributed by atoms with Crippen molar-refractivity contribution in [3.63, 3.8) is 0 Å². The number of carboxylic acids is 1. The highest BCUT2D eigenvalue weighted by molar-refractivity contribution is 7.89. The Morgan fingerprint density at radius 1 is 1.40 bits per heavy atom. The second-order valence-electron chi connectivity index (χ2n) is 4.03. The molecule has 0 spiro atoms. The van der Waals surface area contributed by atoms with E-state index in [4.69, 9.17) is 5.11 Å². The van der Waals surface area contributed by atoms with E-state index in [0.717, 1.165) is 16.2 Å². The molecule has 2 aromatic heterocycles. The molecule has 0 aliphatic carbocycles. The van der Waals surface area contributed by atoms with E-state index in [-0.39, 0.29) is 16.3 Å². The number of aryl methyl sites for hydroxylation is 2. The monoisotopic (exact) mass is 332 g/mol. The van der Waals surface area contributed by atoms with E-state index in [1.54, 1.807) is 13.1 Å². The minimum Gasteiger partial charge on any atom is -0.477 e. The van der Waals surface area contributed by atoms with Crippen LogP contribution in [0.5, 0.6) is 0 Å². The molecule has 2 heterocycles. The van der Waals surface area contributed by atoms with Crippen LogP contribution in [0.2, 0.25) is 0 Å². The SMILES string of the molecule is Cc1cnc(CNS(=O)(=O)c2cc(C(=O)O)sc2C)s1. The third kappa shape index (κ3) is 3.23. The molecule has 2 N–H and O–H groups in total. The van der Waals surface area contributed by atoms with Gasteiger partial charge >= 0.3 is 5.97 Å². The largest absolute Gasteiger partial charge is 0.477 e. The van der Waals surface area contributed by atoms with Crippen molar-refractivity contribution < 1.29 is 18.3 Å². The molecular formula is C11H12N2O4S3. The number of hydrogen-bond acceptors (Lipinski definition) is 6. The molecule has 0 aliphatic rings. The van der Waals surface area contributed by atoms with E-state index in [9.17, 15) is 13.2 Å². The summed E-state index contributed by atoms with van der Waals surface area (Å²) in [4.78, 5) is 16.4. The van der Waals surface area contributed by atoms with Crippen molar-refractivity contribution in [1.82, 2.24) is 9.71 Å². The minimum absolute atomic E-state index is 0.00738. The standard InChI is InChI=1S/C11H12N2O4S3/c1-6-4-12-10(18-6)5-13-20(16,17)9-3-8(11(14)15)19-7(9)2/h3-4,13H,5H2,1-2H3,(H,14,15). The number of carbonyl (C=O) groups is 1. The zero-order valence-electron chi connectivity index (χ0n) is 10.7. The number of hydrogen-bond donors (Lipinski definition) is 2. The Hall–Kier alpha value is -1.29. The van der Waals surface area contributed by atoms with Crippen molar-refractivity contribution in [3.05, 3.63) is 31.9 Å². The van der Waals surface area contributed by atoms with Crippen molar-refractivity contribution >= 4 is 38.7 Å². The van der Waals surface area contributed by atoms with Gasteiger partial charge in [-0.05, 0) is 19.9 Å². The molecule has 0 bridgehead atoms. The zero-order valence-corrected chi connectivity index (χ0v) is 13.2. The van der Waals surface area contributed by atoms with Crippen LogP contribution < -0.4 is 4.72 Å². The summed E-state index contributed by atoms with van der Waals surface area (Å²) in [5, 5.41) is 9.55. The van der Waals surface area contributed by atoms with Crippen LogP contribution in [0, 0.1) is 13.8 Å². The van der Waals surface area contributed by atoms with Crippen LogP contribution in [0.4, 0.5) is 0 Å². The summed E-state index contributed by atoms with van der Waals surface area (Å²) >= 11 is 2.35. The Morgan fingerprint density at radius 3 is 2.60 bits per heavy atom. The van der Waals surface area contributed by atoms with Gasteiger partial charge in [-0.15, -0.1) is 22.7 Å². The van der Waals surface area contributed by atoms with E-state index in [1.165, 1.54) is 17.4 Å². The Bertz CT molecular complexity index is 746. The minimum atomic E-state index is -3.73. The van der Waals surface area contributed by atoms with Gasteiger partial charge in [-0.25, -0.2) is 22.9 Å². The number of carboxylic acid groups (broad SMARTS) is 1. The van der Waals surface area contributed by atoms with E-state index in [2.05, 4.69) is 9.71 Å². The molecule has 6 nitrogen and oxygen atoms in total. The van der Waals surface area contributed by atoms with E-state index < -0.39 is 16.0 Å². The molecule has 0 saturated carbocycles. The van der Waals surface area contributed by atoms with Crippen LogP contribution >= 0.6 is 22.7 Å². The van der Waals surface area contributed by atoms with Gasteiger partial charge in [0.2, 0.25) is 10.0 Å². The normalized spacial score (nSPS) is 11.7. The smallest absolute Gasteiger partial charge is 0.345 e. The topological polar surface area (TPSA) is 96.4 Å². The summed E-state index contributed by atoms with van der Waals surface area (Å²) in [7, 11) is -3.73. The van der Waals surface area contributed by atoms with Gasteiger partial charge < -0.3 is 5.11 Å². The number of nitrogens with zero attached hydrogens (tertiary/aromatic N) is 1. The first-order valence-electron chi connectivity index (χ1n) is 5.54. The van der Waals surface area contributed by atoms with Crippen molar-refractivity contribution in [1.29, 1.82) is 0 Å². The van der Waals surface area contributed by atoms with E-state index in [1.807, 2.05) is 6.92 Å². The Balaban J connectivity index is 2.20. The second-order valence-corrected chi connectivity index (χ2v) is 8.34. The van der Waals surface area contributed by atoms with Gasteiger partial charge in [0.1, 0.15) is 9.88 Å². The highest BCUT2D eigenvalue weighted by Gasteiger charge is 2.22. The highest BCUT2D eigenvalue weighted by atomic mass is 32.2. The molecule has 2 rings (SSSR count). The number of nitrogens with one attached hydrogen (secondary N) is 1. The highest BCUT2D eigenvalue weighted by Crippen LogP contribution is 2.25. The number of thiophene rings is 1. The van der Waals surface area contributed by atoms with Crippen molar-refractivity contribution in [2.75, 3.05) is 0 Å². The molecule has 0 atom stereocenters. The fourth-order valence-corrected chi connectivity index (χ4v) is 4.79. The second kappa shape index (κ2) is 5.60. The lowest BCUT2D eigenvalue weighted by Gasteiger charge is -2.03. The number of sulfonamides is 1. The van der Waals surface area contributed by atoms with Crippen molar-refractivity contribution in [2.24, 2.45) is 0 Å². The van der Waals surface area contributed by atoms with Gasteiger partial charge in [-0.1, -0.05) is 0 Å². The molecule has 0 fully saturated rings. The van der Waals surface area contributed by atoms with Crippen LogP contribution in [-0.2, 0) is 16.6 Å². The molecule has 2 aromatic rings. The molecule has 0 aliphatic heterocycles. The van der Waals surface area contributed by atoms with Gasteiger partial charge in [0.05, 0.1) is 11.4 Å². The number of aromatic carboxylic acids is 1. The number of thiazole rings is 1. The summed E-state index contributed by atoms with van der Waals surface area (Å²) in [5.74, 6) is -1.13. The Labute approximate surface area is 124 Å². The molecular weight excluding hydrogens is 320 g/mol. The predicted molar refractivity (Wildman–Crippen MR) is 76.9 cm³/mol. The molecule has 0 unspecified atom stereocenters. The Kier molecular flexibility index (Phi) is 4.23. The maximum absolute atomic E-state index is 12.1. The van der Waals surface area contributed by atoms with Crippen molar-refractivity contribution in [3.8, 4) is 0 Å². The average molecular weight is 332 g/mol. The Morgan fingerprint density at radius 2 is 2.10 bits per heavy atom. The number of aromatic nitrogens is 1. The molecule has 108 valence electrons. The summed E-state index contributed by atoms with van der Waals surface area (Å²) in [6.07, 6.45) is 1.67. The molecule has 0 aromatic carbocycles.